The van der Waals surface area contributed by atoms with Crippen molar-refractivity contribution in [1.29, 1.82) is 0 Å². The molecule has 0 aliphatic carbocycles. The highest BCUT2D eigenvalue weighted by Gasteiger charge is 2.31. The predicted octanol–water partition coefficient (Wildman–Crippen LogP) is 3.30. The van der Waals surface area contributed by atoms with E-state index in [1.807, 2.05) is 13.8 Å². The van der Waals surface area contributed by atoms with Gasteiger partial charge in [-0.1, -0.05) is 0 Å². The minimum atomic E-state index is -4.43. The summed E-state index contributed by atoms with van der Waals surface area (Å²) in [5.74, 6) is 0.855. The third-order valence-electron chi connectivity index (χ3n) is 3.85. The van der Waals surface area contributed by atoms with Gasteiger partial charge >= 0.3 is 6.18 Å². The van der Waals surface area contributed by atoms with Crippen molar-refractivity contribution in [3.8, 4) is 0 Å². The number of nitrogens with one attached hydrogen (secondary N) is 2. The molecule has 12 heteroatoms. The molecule has 3 rings (SSSR count). The van der Waals surface area contributed by atoms with Crippen molar-refractivity contribution in [3.63, 3.8) is 0 Å². The molecule has 7 nitrogen and oxygen atoms in total. The van der Waals surface area contributed by atoms with Gasteiger partial charge in [0.05, 0.1) is 29.4 Å². The van der Waals surface area contributed by atoms with Gasteiger partial charge in [-0.15, -0.1) is 45.5 Å². The Morgan fingerprint density at radius 1 is 1.18 bits per heavy atom. The maximum Gasteiger partial charge on any atom is 0.417 e. The van der Waals surface area contributed by atoms with Crippen LogP contribution in [0.5, 0.6) is 0 Å². The summed E-state index contributed by atoms with van der Waals surface area (Å²) in [6.07, 6.45) is -3.43. The highest BCUT2D eigenvalue weighted by atomic mass is 127. The molecule has 0 aliphatic rings. The standard InChI is InChI=1S/C16H18F3N7S.HI/c1-9-12(27-10(2)23-9)6-21-15(20-3)22-7-14-25-24-13-5-4-11(8-26(13)14)16(17,18)19;/h4-5,8H,6-7H2,1-3H3,(H2,20,21,22);1H. The van der Waals surface area contributed by atoms with E-state index in [0.29, 0.717) is 24.0 Å². The van der Waals surface area contributed by atoms with Gasteiger partial charge in [-0.3, -0.25) is 9.39 Å². The Morgan fingerprint density at radius 3 is 2.50 bits per heavy atom. The van der Waals surface area contributed by atoms with Crippen LogP contribution in [0.1, 0.15) is 27.0 Å². The molecule has 0 aliphatic heterocycles. The molecule has 3 aromatic rings. The number of nitrogens with zero attached hydrogens (tertiary/aromatic N) is 5. The Bertz CT molecular complexity index is 980. The van der Waals surface area contributed by atoms with Crippen molar-refractivity contribution in [2.75, 3.05) is 7.05 Å². The van der Waals surface area contributed by atoms with Crippen molar-refractivity contribution < 1.29 is 13.2 Å². The molecule has 0 aromatic carbocycles. The zero-order chi connectivity index (χ0) is 19.6. The fourth-order valence-electron chi connectivity index (χ4n) is 2.51. The Labute approximate surface area is 180 Å². The van der Waals surface area contributed by atoms with Crippen LogP contribution in [-0.2, 0) is 19.3 Å². The lowest BCUT2D eigenvalue weighted by Gasteiger charge is -2.11. The first-order chi connectivity index (χ1) is 12.8. The minimum Gasteiger partial charge on any atom is -0.351 e. The summed E-state index contributed by atoms with van der Waals surface area (Å²) in [5, 5.41) is 15.0. The van der Waals surface area contributed by atoms with E-state index in [1.54, 1.807) is 18.4 Å². The second-order valence-electron chi connectivity index (χ2n) is 5.78. The van der Waals surface area contributed by atoms with Crippen molar-refractivity contribution in [2.24, 2.45) is 4.99 Å². The second-order valence-corrected chi connectivity index (χ2v) is 7.07. The van der Waals surface area contributed by atoms with Gasteiger partial charge in [-0.2, -0.15) is 13.2 Å². The minimum absolute atomic E-state index is 0. The zero-order valence-electron chi connectivity index (χ0n) is 15.3. The van der Waals surface area contributed by atoms with E-state index in [2.05, 4.69) is 30.8 Å². The predicted molar refractivity (Wildman–Crippen MR) is 112 cm³/mol. The number of pyridine rings is 1. The van der Waals surface area contributed by atoms with Crippen molar-refractivity contribution in [2.45, 2.75) is 33.1 Å². The molecule has 0 bridgehead atoms. The van der Waals surface area contributed by atoms with E-state index in [0.717, 1.165) is 27.8 Å². The largest absolute Gasteiger partial charge is 0.417 e. The third kappa shape index (κ3) is 5.10. The number of aryl methyl sites for hydroxylation is 2. The van der Waals surface area contributed by atoms with Crippen LogP contribution >= 0.6 is 35.3 Å². The summed E-state index contributed by atoms with van der Waals surface area (Å²) in [6, 6.07) is 2.28. The Kier molecular flexibility index (Phi) is 7.20. The summed E-state index contributed by atoms with van der Waals surface area (Å²) in [5.41, 5.74) is 0.552. The molecule has 0 amide bonds. The van der Waals surface area contributed by atoms with E-state index in [4.69, 9.17) is 0 Å². The van der Waals surface area contributed by atoms with E-state index in [-0.39, 0.29) is 30.5 Å². The van der Waals surface area contributed by atoms with E-state index in [9.17, 15) is 13.2 Å². The van der Waals surface area contributed by atoms with Crippen LogP contribution < -0.4 is 10.6 Å². The van der Waals surface area contributed by atoms with Gasteiger partial charge in [-0.25, -0.2) is 4.98 Å². The van der Waals surface area contributed by atoms with E-state index in [1.165, 1.54) is 10.5 Å². The molecule has 0 atom stereocenters. The molecular formula is C16H19F3IN7S. The number of aromatic nitrogens is 4. The molecular weight excluding hydrogens is 506 g/mol. The summed E-state index contributed by atoms with van der Waals surface area (Å²) < 4.78 is 40.1. The number of fused-ring (bicyclic) bond motifs is 1. The smallest absolute Gasteiger partial charge is 0.351 e. The first-order valence-corrected chi connectivity index (χ1v) is 8.88. The second kappa shape index (κ2) is 9.03. The van der Waals surface area contributed by atoms with Gasteiger partial charge in [0.15, 0.2) is 17.4 Å². The molecule has 3 heterocycles. The van der Waals surface area contributed by atoms with Crippen LogP contribution in [0.3, 0.4) is 0 Å². The van der Waals surface area contributed by atoms with Crippen molar-refractivity contribution in [1.82, 2.24) is 30.2 Å². The zero-order valence-corrected chi connectivity index (χ0v) is 18.5. The van der Waals surface area contributed by atoms with E-state index >= 15 is 0 Å². The molecule has 28 heavy (non-hydrogen) atoms. The molecule has 3 aromatic heterocycles. The van der Waals surface area contributed by atoms with Crippen LogP contribution in [0.4, 0.5) is 13.2 Å². The van der Waals surface area contributed by atoms with E-state index < -0.39 is 11.7 Å². The topological polar surface area (TPSA) is 79.5 Å². The molecule has 0 unspecified atom stereocenters. The molecule has 152 valence electrons. The number of alkyl halides is 3. The molecule has 0 saturated carbocycles. The number of hydrogen-bond donors (Lipinski definition) is 2. The Balaban J connectivity index is 0.00000280. The highest BCUT2D eigenvalue weighted by molar-refractivity contribution is 14.0. The lowest BCUT2D eigenvalue weighted by atomic mass is 10.3. The quantitative estimate of drug-likeness (QED) is 0.311. The lowest BCUT2D eigenvalue weighted by molar-refractivity contribution is -0.137. The number of thiazole rings is 1. The maximum atomic E-state index is 12.9. The monoisotopic (exact) mass is 525 g/mol. The fourth-order valence-corrected chi connectivity index (χ4v) is 3.39. The Hall–Kier alpha value is -1.96. The van der Waals surface area contributed by atoms with Gasteiger partial charge in [0.25, 0.3) is 0 Å². The van der Waals surface area contributed by atoms with Crippen LogP contribution in [0.2, 0.25) is 0 Å². The Morgan fingerprint density at radius 2 is 1.89 bits per heavy atom. The van der Waals surface area contributed by atoms with Crippen LogP contribution in [0.25, 0.3) is 5.65 Å². The number of guanidine groups is 1. The molecule has 0 radical (unpaired) electrons. The van der Waals surface area contributed by atoms with Crippen molar-refractivity contribution in [3.05, 3.63) is 45.3 Å². The highest BCUT2D eigenvalue weighted by Crippen LogP contribution is 2.29. The number of rotatable bonds is 4. The SMILES string of the molecule is CN=C(NCc1sc(C)nc1C)NCc1nnc2ccc(C(F)(F)F)cn12.I. The average Bonchev–Trinajstić information content (AvgIpc) is 3.16. The molecule has 0 saturated heterocycles. The van der Waals surface area contributed by atoms with Gasteiger partial charge < -0.3 is 10.6 Å². The summed E-state index contributed by atoms with van der Waals surface area (Å²) >= 11 is 1.60. The number of hydrogen-bond acceptors (Lipinski definition) is 5. The van der Waals surface area contributed by atoms with Gasteiger partial charge in [0.1, 0.15) is 0 Å². The molecule has 2 N–H and O–H groups in total. The third-order valence-corrected chi connectivity index (χ3v) is 4.93. The average molecular weight is 525 g/mol. The number of aliphatic imine (C=N–C) groups is 1. The first kappa shape index (κ1) is 22.3. The van der Waals surface area contributed by atoms with Gasteiger partial charge in [-0.05, 0) is 26.0 Å². The lowest BCUT2D eigenvalue weighted by Crippen LogP contribution is -2.36. The summed E-state index contributed by atoms with van der Waals surface area (Å²) in [7, 11) is 1.61. The van der Waals surface area contributed by atoms with Crippen LogP contribution in [0, 0.1) is 13.8 Å². The van der Waals surface area contributed by atoms with Gasteiger partial charge in [0.2, 0.25) is 0 Å². The number of halogens is 4. The molecule has 0 fully saturated rings. The van der Waals surface area contributed by atoms with Crippen LogP contribution in [0.15, 0.2) is 23.3 Å². The van der Waals surface area contributed by atoms with Crippen LogP contribution in [-0.4, -0.2) is 32.6 Å². The first-order valence-electron chi connectivity index (χ1n) is 8.06. The molecule has 0 spiro atoms. The van der Waals surface area contributed by atoms with Crippen molar-refractivity contribution >= 4 is 46.9 Å². The normalized spacial score (nSPS) is 12.1. The van der Waals surface area contributed by atoms with Gasteiger partial charge in [0, 0.05) is 18.1 Å². The summed E-state index contributed by atoms with van der Waals surface area (Å²) in [4.78, 5) is 9.58. The summed E-state index contributed by atoms with van der Waals surface area (Å²) in [6.45, 7) is 4.61. The fraction of sp³-hybridized carbons (Fsp3) is 0.375. The maximum absolute atomic E-state index is 12.9.